The fourth-order valence-electron chi connectivity index (χ4n) is 2.00. The van der Waals surface area contributed by atoms with Gasteiger partial charge in [0.05, 0.1) is 27.9 Å². The van der Waals surface area contributed by atoms with E-state index in [1.165, 1.54) is 23.1 Å². The fourth-order valence-corrected chi connectivity index (χ4v) is 4.60. The van der Waals surface area contributed by atoms with Crippen LogP contribution in [0, 0.1) is 0 Å². The number of hydrogen-bond donors (Lipinski definition) is 1. The number of unbranched alkanes of at least 4 members (excludes halogenated alkanes) is 1. The predicted molar refractivity (Wildman–Crippen MR) is 101 cm³/mol. The lowest BCUT2D eigenvalue weighted by Crippen LogP contribution is -2.29. The van der Waals surface area contributed by atoms with Gasteiger partial charge < -0.3 is 4.90 Å². The average Bonchev–Trinajstić information content (AvgIpc) is 2.90. The molecule has 1 heterocycles. The molecule has 0 aliphatic rings. The summed E-state index contributed by atoms with van der Waals surface area (Å²) in [6.45, 7) is 2.87. The van der Waals surface area contributed by atoms with Crippen molar-refractivity contribution in [2.24, 2.45) is 0 Å². The summed E-state index contributed by atoms with van der Waals surface area (Å²) in [4.78, 5) is 18.3. The number of thioether (sulfide) groups is 1. The highest BCUT2D eigenvalue weighted by Crippen LogP contribution is 2.31. The van der Waals surface area contributed by atoms with Crippen molar-refractivity contribution in [1.82, 2.24) is 9.88 Å². The highest BCUT2D eigenvalue weighted by Gasteiger charge is 2.12. The quantitative estimate of drug-likeness (QED) is 0.704. The smallest absolute Gasteiger partial charge is 0.232 e. The van der Waals surface area contributed by atoms with E-state index in [0.29, 0.717) is 11.4 Å². The van der Waals surface area contributed by atoms with Crippen molar-refractivity contribution in [1.29, 1.82) is 0 Å². The second-order valence-electron chi connectivity index (χ2n) is 5.49. The number of carbonyl (C=O) groups excluding carboxylic acids is 1. The zero-order valence-corrected chi connectivity index (χ0v) is 16.4. The molecule has 0 atom stereocenters. The molecule has 0 aliphatic heterocycles. The Bertz CT molecular complexity index is 818. The van der Waals surface area contributed by atoms with E-state index in [-0.39, 0.29) is 5.91 Å². The Morgan fingerprint density at radius 2 is 2.17 bits per heavy atom. The molecular formula is C15H21N3O3S3. The SMILES string of the molecule is CCCCN(C)C(=O)CSc1nc2ccc(NS(C)(=O)=O)cc2s1. The Morgan fingerprint density at radius 3 is 2.83 bits per heavy atom. The highest BCUT2D eigenvalue weighted by atomic mass is 32.2. The summed E-state index contributed by atoms with van der Waals surface area (Å²) in [5.74, 6) is 0.446. The lowest BCUT2D eigenvalue weighted by molar-refractivity contribution is -0.127. The molecule has 132 valence electrons. The zero-order chi connectivity index (χ0) is 17.7. The summed E-state index contributed by atoms with van der Waals surface area (Å²) in [5.41, 5.74) is 1.31. The number of thiazole rings is 1. The Hall–Kier alpha value is -1.32. The molecule has 9 heteroatoms. The second kappa shape index (κ2) is 8.17. The third-order valence-corrected chi connectivity index (χ3v) is 6.02. The van der Waals surface area contributed by atoms with Gasteiger partial charge in [0, 0.05) is 13.6 Å². The maximum absolute atomic E-state index is 12.1. The number of benzene rings is 1. The second-order valence-corrected chi connectivity index (χ2v) is 9.50. The molecule has 0 spiro atoms. The van der Waals surface area contributed by atoms with Crippen LogP contribution in [0.15, 0.2) is 22.5 Å². The number of hydrogen-bond acceptors (Lipinski definition) is 6. The van der Waals surface area contributed by atoms with Gasteiger partial charge in [0.2, 0.25) is 15.9 Å². The molecule has 0 radical (unpaired) electrons. The zero-order valence-electron chi connectivity index (χ0n) is 13.9. The molecule has 0 fully saturated rings. The Balaban J connectivity index is 2.01. The number of carbonyl (C=O) groups is 1. The molecule has 1 N–H and O–H groups in total. The first kappa shape index (κ1) is 19.0. The minimum absolute atomic E-state index is 0.0899. The van der Waals surface area contributed by atoms with Gasteiger partial charge in [-0.1, -0.05) is 25.1 Å². The summed E-state index contributed by atoms with van der Waals surface area (Å²) in [6, 6.07) is 5.22. The summed E-state index contributed by atoms with van der Waals surface area (Å²) < 4.78 is 26.7. The van der Waals surface area contributed by atoms with Crippen LogP contribution in [0.2, 0.25) is 0 Å². The molecule has 1 aromatic heterocycles. The summed E-state index contributed by atoms with van der Waals surface area (Å²) >= 11 is 2.87. The van der Waals surface area contributed by atoms with E-state index >= 15 is 0 Å². The van der Waals surface area contributed by atoms with Crippen molar-refractivity contribution in [3.63, 3.8) is 0 Å². The minimum Gasteiger partial charge on any atom is -0.345 e. The van der Waals surface area contributed by atoms with E-state index < -0.39 is 10.0 Å². The molecule has 0 aliphatic carbocycles. The van der Waals surface area contributed by atoms with Gasteiger partial charge >= 0.3 is 0 Å². The van der Waals surface area contributed by atoms with Gasteiger partial charge in [-0.15, -0.1) is 11.3 Å². The molecule has 2 aromatic rings. The van der Waals surface area contributed by atoms with Crippen molar-refractivity contribution in [2.75, 3.05) is 30.3 Å². The van der Waals surface area contributed by atoms with Gasteiger partial charge in [-0.25, -0.2) is 13.4 Å². The minimum atomic E-state index is -3.30. The maximum Gasteiger partial charge on any atom is 0.232 e. The molecule has 2 rings (SSSR count). The Labute approximate surface area is 150 Å². The summed E-state index contributed by atoms with van der Waals surface area (Å²) in [6.07, 6.45) is 3.18. The fraction of sp³-hybridized carbons (Fsp3) is 0.467. The topological polar surface area (TPSA) is 79.4 Å². The molecule has 0 saturated heterocycles. The lowest BCUT2D eigenvalue weighted by atomic mass is 10.3. The number of nitrogens with one attached hydrogen (secondary N) is 1. The monoisotopic (exact) mass is 387 g/mol. The van der Waals surface area contributed by atoms with Crippen LogP contribution >= 0.6 is 23.1 Å². The van der Waals surface area contributed by atoms with Crippen molar-refractivity contribution in [3.05, 3.63) is 18.2 Å². The van der Waals surface area contributed by atoms with Gasteiger partial charge in [-0.05, 0) is 24.6 Å². The average molecular weight is 388 g/mol. The summed E-state index contributed by atoms with van der Waals surface area (Å²) in [5, 5.41) is 0. The van der Waals surface area contributed by atoms with Gasteiger partial charge in [-0.2, -0.15) is 0 Å². The lowest BCUT2D eigenvalue weighted by Gasteiger charge is -2.15. The van der Waals surface area contributed by atoms with Gasteiger partial charge in [0.25, 0.3) is 0 Å². The highest BCUT2D eigenvalue weighted by molar-refractivity contribution is 8.01. The van der Waals surface area contributed by atoms with Crippen LogP contribution in [0.25, 0.3) is 10.2 Å². The normalized spacial score (nSPS) is 11.6. The molecule has 1 aromatic carbocycles. The van der Waals surface area contributed by atoms with E-state index in [4.69, 9.17) is 0 Å². The van der Waals surface area contributed by atoms with Crippen LogP contribution in [-0.2, 0) is 14.8 Å². The van der Waals surface area contributed by atoms with Crippen LogP contribution in [0.3, 0.4) is 0 Å². The number of aromatic nitrogens is 1. The Morgan fingerprint density at radius 1 is 1.42 bits per heavy atom. The van der Waals surface area contributed by atoms with E-state index in [1.807, 2.05) is 7.05 Å². The Kier molecular flexibility index (Phi) is 6.47. The molecule has 0 bridgehead atoms. The van der Waals surface area contributed by atoms with Gasteiger partial charge in [0.15, 0.2) is 4.34 Å². The van der Waals surface area contributed by atoms with E-state index in [2.05, 4.69) is 16.6 Å². The molecular weight excluding hydrogens is 366 g/mol. The molecule has 0 unspecified atom stereocenters. The number of fused-ring (bicyclic) bond motifs is 1. The van der Waals surface area contributed by atoms with Gasteiger partial charge in [-0.3, -0.25) is 9.52 Å². The number of sulfonamides is 1. The third kappa shape index (κ3) is 5.64. The van der Waals surface area contributed by atoms with E-state index in [9.17, 15) is 13.2 Å². The van der Waals surface area contributed by atoms with Gasteiger partial charge in [0.1, 0.15) is 0 Å². The maximum atomic E-state index is 12.1. The standard InChI is InChI=1S/C15H21N3O3S3/c1-4-5-8-18(2)14(19)10-22-15-16-12-7-6-11(9-13(12)23-15)17-24(3,20)21/h6-7,9,17H,4-5,8,10H2,1-3H3. The van der Waals surface area contributed by atoms with Crippen LogP contribution in [0.1, 0.15) is 19.8 Å². The molecule has 6 nitrogen and oxygen atoms in total. The first-order valence-corrected chi connectivity index (χ1v) is 11.2. The van der Waals surface area contributed by atoms with Crippen molar-refractivity contribution in [3.8, 4) is 0 Å². The van der Waals surface area contributed by atoms with Crippen molar-refractivity contribution >= 4 is 54.9 Å². The largest absolute Gasteiger partial charge is 0.345 e. The van der Waals surface area contributed by atoms with Crippen molar-refractivity contribution in [2.45, 2.75) is 24.1 Å². The first-order valence-electron chi connectivity index (χ1n) is 7.53. The van der Waals surface area contributed by atoms with E-state index in [0.717, 1.165) is 40.2 Å². The summed E-state index contributed by atoms with van der Waals surface area (Å²) in [7, 11) is -1.48. The number of amides is 1. The number of rotatable bonds is 8. The molecule has 1 amide bonds. The predicted octanol–water partition coefficient (Wildman–Crippen LogP) is 3.02. The molecule has 0 saturated carbocycles. The third-order valence-electron chi connectivity index (χ3n) is 3.26. The van der Waals surface area contributed by atoms with Crippen LogP contribution in [0.4, 0.5) is 5.69 Å². The number of anilines is 1. The van der Waals surface area contributed by atoms with Crippen LogP contribution < -0.4 is 4.72 Å². The van der Waals surface area contributed by atoms with Crippen LogP contribution in [-0.4, -0.2) is 49.8 Å². The van der Waals surface area contributed by atoms with Crippen LogP contribution in [0.5, 0.6) is 0 Å². The van der Waals surface area contributed by atoms with Crippen molar-refractivity contribution < 1.29 is 13.2 Å². The number of nitrogens with zero attached hydrogens (tertiary/aromatic N) is 2. The first-order chi connectivity index (χ1) is 11.3. The molecule has 24 heavy (non-hydrogen) atoms. The van der Waals surface area contributed by atoms with E-state index in [1.54, 1.807) is 23.1 Å².